The van der Waals surface area contributed by atoms with E-state index < -0.39 is 10.0 Å². The van der Waals surface area contributed by atoms with Gasteiger partial charge in [0.2, 0.25) is 5.03 Å². The average molecular weight is 309 g/mol. The zero-order valence-electron chi connectivity index (χ0n) is 11.9. The van der Waals surface area contributed by atoms with Crippen molar-refractivity contribution in [3.63, 3.8) is 0 Å². The maximum Gasteiger partial charge on any atom is 0.262 e. The highest BCUT2D eigenvalue weighted by Crippen LogP contribution is 2.28. The summed E-state index contributed by atoms with van der Waals surface area (Å²) >= 11 is 0. The van der Waals surface area contributed by atoms with Gasteiger partial charge >= 0.3 is 0 Å². The molecule has 2 aromatic rings. The first-order valence-electron chi connectivity index (χ1n) is 6.98. The van der Waals surface area contributed by atoms with Crippen LogP contribution >= 0.6 is 0 Å². The molecule has 0 aromatic carbocycles. The third-order valence-electron chi connectivity index (χ3n) is 3.83. The molecule has 3 N–H and O–H groups in total. The maximum absolute atomic E-state index is 13.0. The van der Waals surface area contributed by atoms with Crippen LogP contribution in [0, 0.1) is 5.92 Å². The van der Waals surface area contributed by atoms with Gasteiger partial charge in [-0.3, -0.25) is 4.40 Å². The SMILES string of the molecule is CC1CCCN(S(=O)(=O)c2c(NN)nc3ccccn23)C1. The first kappa shape index (κ1) is 14.3. The van der Waals surface area contributed by atoms with Crippen molar-refractivity contribution in [2.24, 2.45) is 11.8 Å². The molecule has 7 nitrogen and oxygen atoms in total. The van der Waals surface area contributed by atoms with E-state index in [1.165, 1.54) is 4.31 Å². The number of nitrogens with one attached hydrogen (secondary N) is 1. The number of anilines is 1. The Hall–Kier alpha value is -1.64. The smallest absolute Gasteiger partial charge is 0.262 e. The molecule has 1 saturated heterocycles. The number of hydrogen-bond donors (Lipinski definition) is 2. The maximum atomic E-state index is 13.0. The van der Waals surface area contributed by atoms with Crippen LogP contribution in [0.4, 0.5) is 5.82 Å². The lowest BCUT2D eigenvalue weighted by Gasteiger charge is -2.29. The Morgan fingerprint density at radius 1 is 1.43 bits per heavy atom. The second-order valence-corrected chi connectivity index (χ2v) is 7.30. The van der Waals surface area contributed by atoms with E-state index in [9.17, 15) is 8.42 Å². The minimum Gasteiger partial charge on any atom is -0.306 e. The molecule has 114 valence electrons. The molecule has 0 amide bonds. The van der Waals surface area contributed by atoms with Crippen molar-refractivity contribution < 1.29 is 8.42 Å². The van der Waals surface area contributed by atoms with E-state index >= 15 is 0 Å². The zero-order valence-corrected chi connectivity index (χ0v) is 12.7. The molecule has 0 radical (unpaired) electrons. The molecule has 0 bridgehead atoms. The van der Waals surface area contributed by atoms with Crippen molar-refractivity contribution >= 4 is 21.5 Å². The van der Waals surface area contributed by atoms with Gasteiger partial charge in [-0.1, -0.05) is 13.0 Å². The minimum atomic E-state index is -3.63. The molecule has 8 heteroatoms. The number of nitrogens with zero attached hydrogens (tertiary/aromatic N) is 3. The normalized spacial score (nSPS) is 20.8. The number of nitrogen functional groups attached to an aromatic ring is 1. The van der Waals surface area contributed by atoms with Gasteiger partial charge in [0.25, 0.3) is 10.0 Å². The summed E-state index contributed by atoms with van der Waals surface area (Å²) in [5.74, 6) is 6.00. The summed E-state index contributed by atoms with van der Waals surface area (Å²) in [7, 11) is -3.63. The second-order valence-electron chi connectivity index (χ2n) is 5.45. The topological polar surface area (TPSA) is 92.7 Å². The molecule has 1 aliphatic rings. The lowest BCUT2D eigenvalue weighted by atomic mass is 10.0. The van der Waals surface area contributed by atoms with Gasteiger partial charge in [-0.25, -0.2) is 19.2 Å². The Morgan fingerprint density at radius 3 is 2.95 bits per heavy atom. The van der Waals surface area contributed by atoms with Gasteiger partial charge in [-0.05, 0) is 30.9 Å². The average Bonchev–Trinajstić information content (AvgIpc) is 2.86. The van der Waals surface area contributed by atoms with Gasteiger partial charge < -0.3 is 5.43 Å². The van der Waals surface area contributed by atoms with E-state index in [4.69, 9.17) is 5.84 Å². The van der Waals surface area contributed by atoms with Crippen molar-refractivity contribution in [2.45, 2.75) is 24.8 Å². The molecule has 21 heavy (non-hydrogen) atoms. The summed E-state index contributed by atoms with van der Waals surface area (Å²) in [6.07, 6.45) is 3.62. The van der Waals surface area contributed by atoms with Crippen LogP contribution < -0.4 is 11.3 Å². The molecule has 1 unspecified atom stereocenters. The summed E-state index contributed by atoms with van der Waals surface area (Å²) in [6.45, 7) is 3.14. The first-order chi connectivity index (χ1) is 10.0. The minimum absolute atomic E-state index is 0.106. The number of fused-ring (bicyclic) bond motifs is 1. The van der Waals surface area contributed by atoms with Crippen molar-refractivity contribution in [2.75, 3.05) is 18.5 Å². The number of aromatic nitrogens is 2. The Kier molecular flexibility index (Phi) is 3.60. The van der Waals surface area contributed by atoms with Gasteiger partial charge in [0.1, 0.15) is 5.65 Å². The molecule has 0 spiro atoms. The summed E-state index contributed by atoms with van der Waals surface area (Å²) < 4.78 is 29.0. The number of pyridine rings is 1. The number of sulfonamides is 1. The predicted molar refractivity (Wildman–Crippen MR) is 80.2 cm³/mol. The van der Waals surface area contributed by atoms with Crippen molar-refractivity contribution in [1.82, 2.24) is 13.7 Å². The van der Waals surface area contributed by atoms with E-state index in [0.29, 0.717) is 24.7 Å². The predicted octanol–water partition coefficient (Wildman–Crippen LogP) is 1.04. The van der Waals surface area contributed by atoms with Crippen LogP contribution in [0.5, 0.6) is 0 Å². The van der Waals surface area contributed by atoms with E-state index in [-0.39, 0.29) is 10.8 Å². The van der Waals surface area contributed by atoms with Gasteiger partial charge in [0, 0.05) is 19.3 Å². The van der Waals surface area contributed by atoms with Crippen LogP contribution in [-0.2, 0) is 10.0 Å². The van der Waals surface area contributed by atoms with E-state index in [2.05, 4.69) is 17.3 Å². The summed E-state index contributed by atoms with van der Waals surface area (Å²) in [5.41, 5.74) is 2.95. The number of nitrogens with two attached hydrogens (primary N) is 1. The quantitative estimate of drug-likeness (QED) is 0.653. The fourth-order valence-electron chi connectivity index (χ4n) is 2.80. The first-order valence-corrected chi connectivity index (χ1v) is 8.42. The highest BCUT2D eigenvalue weighted by molar-refractivity contribution is 7.89. The molecular formula is C13H19N5O2S. The molecule has 1 fully saturated rings. The monoisotopic (exact) mass is 309 g/mol. The zero-order chi connectivity index (χ0) is 15.0. The van der Waals surface area contributed by atoms with E-state index in [1.54, 1.807) is 22.7 Å². The van der Waals surface area contributed by atoms with Crippen molar-refractivity contribution in [1.29, 1.82) is 0 Å². The fraction of sp³-hybridized carbons (Fsp3) is 0.462. The molecule has 3 rings (SSSR count). The highest BCUT2D eigenvalue weighted by atomic mass is 32.2. The highest BCUT2D eigenvalue weighted by Gasteiger charge is 2.33. The van der Waals surface area contributed by atoms with Crippen LogP contribution in [-0.4, -0.2) is 35.2 Å². The molecule has 1 aliphatic heterocycles. The molecule has 0 saturated carbocycles. The standard InChI is InChI=1S/C13H19N5O2S/c1-10-5-4-7-17(9-10)21(19,20)13-12(16-14)15-11-6-2-3-8-18(11)13/h2-3,6,8,10,16H,4-5,7,9,14H2,1H3. The Bertz CT molecular complexity index is 755. The van der Waals surface area contributed by atoms with Crippen LogP contribution in [0.15, 0.2) is 29.4 Å². The number of piperidine rings is 1. The number of hydrogen-bond acceptors (Lipinski definition) is 5. The van der Waals surface area contributed by atoms with E-state index in [0.717, 1.165) is 12.8 Å². The molecular weight excluding hydrogens is 290 g/mol. The van der Waals surface area contributed by atoms with Crippen molar-refractivity contribution in [3.05, 3.63) is 24.4 Å². The molecule has 0 aliphatic carbocycles. The van der Waals surface area contributed by atoms with Gasteiger partial charge in [0.15, 0.2) is 5.82 Å². The number of hydrazine groups is 1. The third-order valence-corrected chi connectivity index (χ3v) is 5.72. The van der Waals surface area contributed by atoms with E-state index in [1.807, 2.05) is 6.07 Å². The molecule has 2 aromatic heterocycles. The third kappa shape index (κ3) is 2.39. The van der Waals surface area contributed by atoms with Crippen LogP contribution in [0.1, 0.15) is 19.8 Å². The van der Waals surface area contributed by atoms with Crippen LogP contribution in [0.2, 0.25) is 0 Å². The van der Waals surface area contributed by atoms with Crippen LogP contribution in [0.25, 0.3) is 5.65 Å². The Balaban J connectivity index is 2.14. The van der Waals surface area contributed by atoms with Gasteiger partial charge in [-0.15, -0.1) is 0 Å². The summed E-state index contributed by atoms with van der Waals surface area (Å²) in [4.78, 5) is 4.23. The lowest BCUT2D eigenvalue weighted by Crippen LogP contribution is -2.39. The largest absolute Gasteiger partial charge is 0.306 e. The van der Waals surface area contributed by atoms with Crippen LogP contribution in [0.3, 0.4) is 0 Å². The van der Waals surface area contributed by atoms with Gasteiger partial charge in [-0.2, -0.15) is 4.31 Å². The van der Waals surface area contributed by atoms with Gasteiger partial charge in [0.05, 0.1) is 0 Å². The Morgan fingerprint density at radius 2 is 2.24 bits per heavy atom. The fourth-order valence-corrected chi connectivity index (χ4v) is 4.62. The Labute approximate surface area is 123 Å². The number of imidazole rings is 1. The molecule has 1 atom stereocenters. The second kappa shape index (κ2) is 5.28. The number of rotatable bonds is 3. The molecule has 3 heterocycles. The lowest BCUT2D eigenvalue weighted by molar-refractivity contribution is 0.280. The summed E-state index contributed by atoms with van der Waals surface area (Å²) in [5, 5.41) is 0.106. The summed E-state index contributed by atoms with van der Waals surface area (Å²) in [6, 6.07) is 5.33. The van der Waals surface area contributed by atoms with Crippen molar-refractivity contribution in [3.8, 4) is 0 Å².